The minimum absolute atomic E-state index is 0.0769. The van der Waals surface area contributed by atoms with Crippen LogP contribution in [0.25, 0.3) is 0 Å². The van der Waals surface area contributed by atoms with Gasteiger partial charge in [0.25, 0.3) is 0 Å². The van der Waals surface area contributed by atoms with Crippen molar-refractivity contribution in [2.75, 3.05) is 12.9 Å². The summed E-state index contributed by atoms with van der Waals surface area (Å²) in [5.41, 5.74) is 0. The van der Waals surface area contributed by atoms with Crippen molar-refractivity contribution in [3.63, 3.8) is 0 Å². The molecule has 5 nitrogen and oxygen atoms in total. The molecule has 1 N–H and O–H groups in total. The van der Waals surface area contributed by atoms with Crippen molar-refractivity contribution in [2.45, 2.75) is 11.3 Å². The Morgan fingerprint density at radius 3 is 2.69 bits per heavy atom. The normalized spacial score (nSPS) is 11.1. The number of ether oxygens (including phenoxy) is 1. The highest BCUT2D eigenvalue weighted by molar-refractivity contribution is 7.91. The predicted molar refractivity (Wildman–Crippen MR) is 57.3 cm³/mol. The van der Waals surface area contributed by atoms with Crippen LogP contribution < -0.4 is 4.74 Å². The molecule has 0 saturated carbocycles. The Kier molecular flexibility index (Phi) is 3.89. The lowest BCUT2D eigenvalue weighted by Crippen LogP contribution is -2.11. The van der Waals surface area contributed by atoms with Gasteiger partial charge in [0, 0.05) is 0 Å². The molecule has 0 saturated heterocycles. The van der Waals surface area contributed by atoms with Crippen molar-refractivity contribution >= 4 is 15.8 Å². The van der Waals surface area contributed by atoms with Crippen molar-refractivity contribution in [1.82, 2.24) is 0 Å². The summed E-state index contributed by atoms with van der Waals surface area (Å²) < 4.78 is 28.3. The number of hydrogen-bond donors (Lipinski definition) is 1. The van der Waals surface area contributed by atoms with Gasteiger partial charge in [-0.3, -0.25) is 4.79 Å². The second-order valence-corrected chi connectivity index (χ2v) is 5.25. The van der Waals surface area contributed by atoms with Crippen LogP contribution in [0.5, 0.6) is 5.75 Å². The third-order valence-electron chi connectivity index (χ3n) is 1.98. The maximum Gasteiger partial charge on any atom is 0.304 e. The Morgan fingerprint density at radius 1 is 1.44 bits per heavy atom. The second-order valence-electron chi connectivity index (χ2n) is 3.14. The van der Waals surface area contributed by atoms with Crippen LogP contribution in [0.4, 0.5) is 0 Å². The third kappa shape index (κ3) is 3.23. The van der Waals surface area contributed by atoms with Crippen LogP contribution in [0.3, 0.4) is 0 Å². The van der Waals surface area contributed by atoms with Gasteiger partial charge in [0.1, 0.15) is 5.75 Å². The van der Waals surface area contributed by atoms with Crippen LogP contribution in [0, 0.1) is 0 Å². The Morgan fingerprint density at radius 2 is 2.12 bits per heavy atom. The first-order valence-electron chi connectivity index (χ1n) is 4.54. The van der Waals surface area contributed by atoms with Crippen molar-refractivity contribution in [3.05, 3.63) is 24.3 Å². The smallest absolute Gasteiger partial charge is 0.304 e. The van der Waals surface area contributed by atoms with E-state index in [4.69, 9.17) is 9.84 Å². The summed E-state index contributed by atoms with van der Waals surface area (Å²) in [5.74, 6) is -1.11. The van der Waals surface area contributed by atoms with Crippen LogP contribution in [0.15, 0.2) is 29.2 Å². The van der Waals surface area contributed by atoms with E-state index in [0.29, 0.717) is 5.75 Å². The fourth-order valence-corrected chi connectivity index (χ4v) is 2.39. The summed E-state index contributed by atoms with van der Waals surface area (Å²) in [6.07, 6.45) is -0.403. The number of rotatable bonds is 5. The molecule has 0 fully saturated rings. The van der Waals surface area contributed by atoms with E-state index in [1.807, 2.05) is 0 Å². The summed E-state index contributed by atoms with van der Waals surface area (Å²) in [6.45, 7) is 0. The van der Waals surface area contributed by atoms with Crippen molar-refractivity contribution in [3.8, 4) is 5.75 Å². The molecule has 0 spiro atoms. The van der Waals surface area contributed by atoms with Crippen molar-refractivity contribution in [1.29, 1.82) is 0 Å². The molecular formula is C10H12O5S. The molecule has 1 aromatic carbocycles. The molecule has 0 heterocycles. The number of sulfone groups is 1. The van der Waals surface area contributed by atoms with Gasteiger partial charge >= 0.3 is 5.97 Å². The van der Waals surface area contributed by atoms with Crippen LogP contribution in [-0.4, -0.2) is 32.4 Å². The number of carbonyl (C=O) groups is 1. The van der Waals surface area contributed by atoms with Gasteiger partial charge in [-0.15, -0.1) is 0 Å². The van der Waals surface area contributed by atoms with Gasteiger partial charge in [0.15, 0.2) is 9.84 Å². The number of methoxy groups -OCH3 is 1. The standard InChI is InChI=1S/C10H12O5S/c1-15-8-3-2-4-9(7-8)16(13,14)6-5-10(11)12/h2-4,7H,5-6H2,1H3,(H,11,12). The molecule has 0 aliphatic carbocycles. The third-order valence-corrected chi connectivity index (χ3v) is 3.70. The molecule has 0 aromatic heterocycles. The van der Waals surface area contributed by atoms with Crippen molar-refractivity contribution in [2.24, 2.45) is 0 Å². The average Bonchev–Trinajstić information content (AvgIpc) is 2.27. The first kappa shape index (κ1) is 12.5. The molecule has 16 heavy (non-hydrogen) atoms. The highest BCUT2D eigenvalue weighted by Gasteiger charge is 2.16. The molecular weight excluding hydrogens is 232 g/mol. The molecule has 0 atom stereocenters. The number of carboxylic acid groups (broad SMARTS) is 1. The molecule has 1 aromatic rings. The van der Waals surface area contributed by atoms with Crippen LogP contribution in [0.2, 0.25) is 0 Å². The highest BCUT2D eigenvalue weighted by Crippen LogP contribution is 2.18. The fourth-order valence-electron chi connectivity index (χ4n) is 1.13. The zero-order valence-corrected chi connectivity index (χ0v) is 9.53. The topological polar surface area (TPSA) is 80.7 Å². The largest absolute Gasteiger partial charge is 0.497 e. The van der Waals surface area contributed by atoms with Gasteiger partial charge in [0.2, 0.25) is 0 Å². The number of carboxylic acids is 1. The maximum absolute atomic E-state index is 11.7. The zero-order chi connectivity index (χ0) is 12.2. The van der Waals surface area contributed by atoms with E-state index in [2.05, 4.69) is 0 Å². The van der Waals surface area contributed by atoms with Gasteiger partial charge in [-0.05, 0) is 18.2 Å². The van der Waals surface area contributed by atoms with Gasteiger partial charge in [-0.2, -0.15) is 0 Å². The monoisotopic (exact) mass is 244 g/mol. The van der Waals surface area contributed by atoms with E-state index in [1.54, 1.807) is 12.1 Å². The van der Waals surface area contributed by atoms with Gasteiger partial charge in [0.05, 0.1) is 24.2 Å². The van der Waals surface area contributed by atoms with E-state index in [-0.39, 0.29) is 4.90 Å². The quantitative estimate of drug-likeness (QED) is 0.833. The van der Waals surface area contributed by atoms with E-state index in [0.717, 1.165) is 0 Å². The van der Waals surface area contributed by atoms with E-state index < -0.39 is 28.0 Å². The van der Waals surface area contributed by atoms with Crippen LogP contribution in [0.1, 0.15) is 6.42 Å². The minimum Gasteiger partial charge on any atom is -0.497 e. The van der Waals surface area contributed by atoms with Gasteiger partial charge in [-0.1, -0.05) is 6.07 Å². The second kappa shape index (κ2) is 4.98. The first-order chi connectivity index (χ1) is 7.45. The molecule has 0 amide bonds. The molecule has 6 heteroatoms. The molecule has 0 aliphatic heterocycles. The van der Waals surface area contributed by atoms with Crippen LogP contribution in [-0.2, 0) is 14.6 Å². The molecule has 88 valence electrons. The van der Waals surface area contributed by atoms with Crippen molar-refractivity contribution < 1.29 is 23.1 Å². The van der Waals surface area contributed by atoms with E-state index >= 15 is 0 Å². The molecule has 0 unspecified atom stereocenters. The number of aliphatic carboxylic acids is 1. The number of hydrogen-bond acceptors (Lipinski definition) is 4. The average molecular weight is 244 g/mol. The first-order valence-corrected chi connectivity index (χ1v) is 6.19. The fraction of sp³-hybridized carbons (Fsp3) is 0.300. The summed E-state index contributed by atoms with van der Waals surface area (Å²) >= 11 is 0. The maximum atomic E-state index is 11.7. The Bertz CT molecular complexity index is 478. The Labute approximate surface area is 93.6 Å². The Balaban J connectivity index is 2.93. The molecule has 0 aliphatic rings. The molecule has 1 rings (SSSR count). The Hall–Kier alpha value is -1.56. The number of benzene rings is 1. The molecule has 0 radical (unpaired) electrons. The predicted octanol–water partition coefficient (Wildman–Crippen LogP) is 0.944. The van der Waals surface area contributed by atoms with Crippen LogP contribution >= 0.6 is 0 Å². The van der Waals surface area contributed by atoms with E-state index in [1.165, 1.54) is 19.2 Å². The summed E-state index contributed by atoms with van der Waals surface area (Å²) in [7, 11) is -2.12. The lowest BCUT2D eigenvalue weighted by molar-refractivity contribution is -0.136. The minimum atomic E-state index is -3.55. The zero-order valence-electron chi connectivity index (χ0n) is 8.71. The summed E-state index contributed by atoms with van der Waals surface area (Å²) in [4.78, 5) is 10.4. The molecule has 0 bridgehead atoms. The SMILES string of the molecule is COc1cccc(S(=O)(=O)CCC(=O)O)c1. The summed E-state index contributed by atoms with van der Waals surface area (Å²) in [5, 5.41) is 8.44. The van der Waals surface area contributed by atoms with Gasteiger partial charge in [-0.25, -0.2) is 8.42 Å². The van der Waals surface area contributed by atoms with Gasteiger partial charge < -0.3 is 9.84 Å². The lowest BCUT2D eigenvalue weighted by atomic mass is 10.3. The highest BCUT2D eigenvalue weighted by atomic mass is 32.2. The summed E-state index contributed by atoms with van der Waals surface area (Å²) in [6, 6.07) is 5.96. The van der Waals surface area contributed by atoms with E-state index in [9.17, 15) is 13.2 Å². The lowest BCUT2D eigenvalue weighted by Gasteiger charge is -2.04.